The molecule has 0 atom stereocenters. The van der Waals surface area contributed by atoms with Crippen LogP contribution in [0.15, 0.2) is 66.7 Å². The Hall–Kier alpha value is -3.26. The van der Waals surface area contributed by atoms with Gasteiger partial charge in [-0.25, -0.2) is 0 Å². The monoisotopic (exact) mass is 423 g/mol. The van der Waals surface area contributed by atoms with Crippen LogP contribution in [0.5, 0.6) is 0 Å². The van der Waals surface area contributed by atoms with Gasteiger partial charge in [0.15, 0.2) is 0 Å². The first kappa shape index (κ1) is 18.2. The van der Waals surface area contributed by atoms with Crippen LogP contribution in [-0.2, 0) is 10.8 Å². The lowest BCUT2D eigenvalue weighted by atomic mass is 9.26. The zero-order valence-electron chi connectivity index (χ0n) is 19.9. The number of benzene rings is 4. The maximum atomic E-state index is 2.59. The molecule has 1 aromatic heterocycles. The maximum Gasteiger partial charge on any atom is 0.248 e. The highest BCUT2D eigenvalue weighted by molar-refractivity contribution is 7.00. The van der Waals surface area contributed by atoms with Gasteiger partial charge < -0.3 is 4.57 Å². The van der Waals surface area contributed by atoms with Gasteiger partial charge >= 0.3 is 0 Å². The molecule has 0 saturated heterocycles. The molecule has 0 amide bonds. The van der Waals surface area contributed by atoms with Crippen LogP contribution < -0.4 is 16.4 Å². The lowest BCUT2D eigenvalue weighted by Gasteiger charge is -2.48. The Bertz CT molecular complexity index is 1720. The van der Waals surface area contributed by atoms with E-state index in [-0.39, 0.29) is 10.8 Å². The highest BCUT2D eigenvalue weighted by Crippen LogP contribution is 2.45. The fraction of sp³-hybridized carbons (Fsp3) is 0.226. The molecule has 0 radical (unpaired) electrons. The van der Waals surface area contributed by atoms with Gasteiger partial charge in [-0.15, -0.1) is 0 Å². The minimum absolute atomic E-state index is 0.0228. The van der Waals surface area contributed by atoms with Gasteiger partial charge in [-0.2, -0.15) is 0 Å². The summed E-state index contributed by atoms with van der Waals surface area (Å²) in [7, 11) is 0. The maximum absolute atomic E-state index is 2.59. The minimum atomic E-state index is -0.0262. The van der Waals surface area contributed by atoms with Crippen molar-refractivity contribution in [1.29, 1.82) is 0 Å². The van der Waals surface area contributed by atoms with E-state index >= 15 is 0 Å². The molecular formula is C31H26BN. The van der Waals surface area contributed by atoms with Crippen molar-refractivity contribution in [3.05, 3.63) is 94.5 Å². The number of rotatable bonds is 0. The second-order valence-electron chi connectivity index (χ2n) is 11.4. The Balaban J connectivity index is 1.73. The molecular weight excluding hydrogens is 397 g/mol. The summed E-state index contributed by atoms with van der Waals surface area (Å²) in [5, 5.41) is 2.81. The Morgan fingerprint density at radius 3 is 1.97 bits per heavy atom. The van der Waals surface area contributed by atoms with E-state index in [1.165, 1.54) is 60.8 Å². The van der Waals surface area contributed by atoms with E-state index in [9.17, 15) is 0 Å². The standard InChI is InChI=1S/C31H26BN/c1-17-9-6-13-23-25(17)18-15-16-22-28-29(18)33(23)24-14-8-12-21-27(24)32(28)26-19(30(21,2)3)10-7-11-20(26)31(22,4)5/h6-16H,1-5H3. The van der Waals surface area contributed by atoms with Crippen LogP contribution in [0.3, 0.4) is 0 Å². The van der Waals surface area contributed by atoms with Crippen molar-refractivity contribution >= 4 is 44.9 Å². The van der Waals surface area contributed by atoms with Crippen molar-refractivity contribution in [2.24, 2.45) is 0 Å². The lowest BCUT2D eigenvalue weighted by Crippen LogP contribution is -2.68. The topological polar surface area (TPSA) is 4.93 Å². The predicted octanol–water partition coefficient (Wildman–Crippen LogP) is 5.20. The summed E-state index contributed by atoms with van der Waals surface area (Å²) in [6, 6.07) is 25.7. The van der Waals surface area contributed by atoms with Crippen molar-refractivity contribution in [3.63, 3.8) is 0 Å². The van der Waals surface area contributed by atoms with Crippen LogP contribution in [0.1, 0.15) is 55.5 Å². The third kappa shape index (κ3) is 1.77. The number of hydrogen-bond donors (Lipinski definition) is 0. The summed E-state index contributed by atoms with van der Waals surface area (Å²) in [4.78, 5) is 0. The third-order valence-electron chi connectivity index (χ3n) is 9.19. The molecule has 3 aliphatic rings. The van der Waals surface area contributed by atoms with Crippen molar-refractivity contribution in [3.8, 4) is 5.69 Å². The van der Waals surface area contributed by atoms with Crippen LogP contribution >= 0.6 is 0 Å². The van der Waals surface area contributed by atoms with Gasteiger partial charge in [0.25, 0.3) is 0 Å². The summed E-state index contributed by atoms with van der Waals surface area (Å²) in [5.74, 6) is 0. The van der Waals surface area contributed by atoms with Crippen LogP contribution in [0.4, 0.5) is 0 Å². The molecule has 8 rings (SSSR count). The normalized spacial score (nSPS) is 17.7. The van der Waals surface area contributed by atoms with E-state index in [1.807, 2.05) is 0 Å². The van der Waals surface area contributed by atoms with Crippen molar-refractivity contribution < 1.29 is 0 Å². The SMILES string of the molecule is Cc1cccc2c1c1ccc3c4c1n2-c1cccc2c1B4c1c(cccc1C3(C)C)C2(C)C. The highest BCUT2D eigenvalue weighted by Gasteiger charge is 2.51. The Labute approximate surface area is 195 Å². The molecule has 0 unspecified atom stereocenters. The Kier molecular flexibility index (Phi) is 2.91. The van der Waals surface area contributed by atoms with Crippen LogP contribution in [-0.4, -0.2) is 11.3 Å². The molecule has 0 aliphatic carbocycles. The molecule has 4 aromatic carbocycles. The number of hydrogen-bond acceptors (Lipinski definition) is 0. The molecule has 0 spiro atoms. The summed E-state index contributed by atoms with van der Waals surface area (Å²) >= 11 is 0. The summed E-state index contributed by atoms with van der Waals surface area (Å²) in [5.41, 5.74) is 16.1. The zero-order chi connectivity index (χ0) is 22.4. The number of fused-ring (bicyclic) bond motifs is 4. The van der Waals surface area contributed by atoms with Gasteiger partial charge in [-0.3, -0.25) is 0 Å². The molecule has 3 aliphatic heterocycles. The molecule has 1 nitrogen and oxygen atoms in total. The van der Waals surface area contributed by atoms with Gasteiger partial charge in [0.1, 0.15) is 0 Å². The molecule has 0 bridgehead atoms. The van der Waals surface area contributed by atoms with Crippen LogP contribution in [0.2, 0.25) is 0 Å². The third-order valence-corrected chi connectivity index (χ3v) is 9.19. The molecule has 0 N–H and O–H groups in total. The molecule has 0 fully saturated rings. The van der Waals surface area contributed by atoms with Crippen molar-refractivity contribution in [2.75, 3.05) is 0 Å². The fourth-order valence-electron chi connectivity index (χ4n) is 7.73. The molecule has 5 aromatic rings. The number of nitrogens with zero attached hydrogens (tertiary/aromatic N) is 1. The summed E-state index contributed by atoms with van der Waals surface area (Å²) in [6.45, 7) is 12.3. The van der Waals surface area contributed by atoms with Gasteiger partial charge in [0.05, 0.1) is 5.52 Å². The summed E-state index contributed by atoms with van der Waals surface area (Å²) in [6.07, 6.45) is 0. The quantitative estimate of drug-likeness (QED) is 0.296. The average Bonchev–Trinajstić information content (AvgIpc) is 3.14. The van der Waals surface area contributed by atoms with E-state index < -0.39 is 0 Å². The van der Waals surface area contributed by atoms with E-state index in [1.54, 1.807) is 10.9 Å². The van der Waals surface area contributed by atoms with Crippen molar-refractivity contribution in [1.82, 2.24) is 4.57 Å². The first-order valence-corrected chi connectivity index (χ1v) is 12.2. The van der Waals surface area contributed by atoms with Crippen molar-refractivity contribution in [2.45, 2.75) is 45.4 Å². The Morgan fingerprint density at radius 2 is 1.24 bits per heavy atom. The van der Waals surface area contributed by atoms with Gasteiger partial charge in [0, 0.05) is 32.8 Å². The molecule has 0 saturated carbocycles. The Morgan fingerprint density at radius 1 is 0.636 bits per heavy atom. The predicted molar refractivity (Wildman–Crippen MR) is 141 cm³/mol. The minimum Gasteiger partial charge on any atom is -0.310 e. The van der Waals surface area contributed by atoms with E-state index in [0.717, 1.165) is 0 Å². The van der Waals surface area contributed by atoms with Gasteiger partial charge in [0.2, 0.25) is 6.71 Å². The number of aryl methyl sites for hydroxylation is 1. The first-order chi connectivity index (χ1) is 15.8. The first-order valence-electron chi connectivity index (χ1n) is 12.2. The van der Waals surface area contributed by atoms with E-state index in [4.69, 9.17) is 0 Å². The smallest absolute Gasteiger partial charge is 0.248 e. The molecule has 4 heterocycles. The van der Waals surface area contributed by atoms with E-state index in [0.29, 0.717) is 6.71 Å². The van der Waals surface area contributed by atoms with Crippen LogP contribution in [0, 0.1) is 6.92 Å². The van der Waals surface area contributed by atoms with Gasteiger partial charge in [-0.1, -0.05) is 87.8 Å². The second kappa shape index (κ2) is 5.28. The summed E-state index contributed by atoms with van der Waals surface area (Å²) < 4.78 is 2.59. The fourth-order valence-corrected chi connectivity index (χ4v) is 7.73. The van der Waals surface area contributed by atoms with Crippen LogP contribution in [0.25, 0.3) is 27.5 Å². The largest absolute Gasteiger partial charge is 0.310 e. The van der Waals surface area contributed by atoms with Gasteiger partial charge in [-0.05, 0) is 57.8 Å². The molecule has 2 heteroatoms. The average molecular weight is 423 g/mol. The molecule has 158 valence electrons. The second-order valence-corrected chi connectivity index (χ2v) is 11.4. The lowest BCUT2D eigenvalue weighted by molar-refractivity contribution is 0.621. The molecule has 33 heavy (non-hydrogen) atoms. The number of aromatic nitrogens is 1. The highest BCUT2D eigenvalue weighted by atomic mass is 15.0. The zero-order valence-corrected chi connectivity index (χ0v) is 19.9. The van der Waals surface area contributed by atoms with E-state index in [2.05, 4.69) is 106 Å².